The van der Waals surface area contributed by atoms with E-state index < -0.39 is 0 Å². The van der Waals surface area contributed by atoms with Gasteiger partial charge in [-0.15, -0.1) is 0 Å². The Balaban J connectivity index is 2.70. The molecule has 154 valence electrons. The van der Waals surface area contributed by atoms with Crippen LogP contribution >= 0.6 is 0 Å². The number of fused-ring (bicyclic) bond motifs is 1. The Labute approximate surface area is 174 Å². The first-order valence-electron chi connectivity index (χ1n) is 11.3. The molecule has 28 heavy (non-hydrogen) atoms. The highest BCUT2D eigenvalue weighted by Gasteiger charge is 2.26. The quantitative estimate of drug-likeness (QED) is 0.450. The Morgan fingerprint density at radius 3 is 2.18 bits per heavy atom. The molecule has 0 spiro atoms. The van der Waals surface area contributed by atoms with E-state index >= 15 is 0 Å². The molecule has 0 radical (unpaired) electrons. The number of allylic oxidation sites excluding steroid dienone is 2. The van der Waals surface area contributed by atoms with Crippen LogP contribution in [0.5, 0.6) is 0 Å². The summed E-state index contributed by atoms with van der Waals surface area (Å²) in [5.74, 6) is 0.774. The average Bonchev–Trinajstić information content (AvgIpc) is 2.61. The molecule has 2 aromatic rings. The molecular formula is C28H42. The Morgan fingerprint density at radius 1 is 0.929 bits per heavy atom. The van der Waals surface area contributed by atoms with Gasteiger partial charge in [0.05, 0.1) is 0 Å². The summed E-state index contributed by atoms with van der Waals surface area (Å²) in [6, 6.07) is 13.7. The van der Waals surface area contributed by atoms with Crippen molar-refractivity contribution in [3.63, 3.8) is 0 Å². The van der Waals surface area contributed by atoms with E-state index in [0.717, 1.165) is 5.92 Å². The van der Waals surface area contributed by atoms with Gasteiger partial charge in [-0.3, -0.25) is 0 Å². The number of unbranched alkanes of at least 4 members (excludes halogenated alkanes) is 1. The van der Waals surface area contributed by atoms with Crippen molar-refractivity contribution < 1.29 is 0 Å². The fourth-order valence-corrected chi connectivity index (χ4v) is 4.16. The molecule has 0 fully saturated rings. The molecule has 0 N–H and O–H groups in total. The van der Waals surface area contributed by atoms with E-state index in [-0.39, 0.29) is 10.8 Å². The third-order valence-corrected chi connectivity index (χ3v) is 5.72. The summed E-state index contributed by atoms with van der Waals surface area (Å²) in [5, 5.41) is 2.77. The predicted octanol–water partition coefficient (Wildman–Crippen LogP) is 9.07. The molecule has 2 rings (SSSR count). The van der Waals surface area contributed by atoms with Crippen LogP contribution in [0.1, 0.15) is 92.2 Å². The van der Waals surface area contributed by atoms with Crippen molar-refractivity contribution in [1.82, 2.24) is 0 Å². The van der Waals surface area contributed by atoms with Crippen LogP contribution in [-0.2, 0) is 6.42 Å². The van der Waals surface area contributed by atoms with Gasteiger partial charge >= 0.3 is 0 Å². The summed E-state index contributed by atoms with van der Waals surface area (Å²) in [6.45, 7) is 18.7. The normalized spacial score (nSPS) is 14.5. The standard InChI is InChI=1S/C28H42/c1-9-11-14-21(10-2)19-23-18-17-22-15-12-13-16-24(22)26(23)25(28(6,7)8)20-27(3,4)5/h12-13,15-18,20-21H,9-11,14,19H2,1-8H3. The van der Waals surface area contributed by atoms with Crippen molar-refractivity contribution in [2.75, 3.05) is 0 Å². The molecule has 0 heteroatoms. The summed E-state index contributed by atoms with van der Waals surface area (Å²) in [7, 11) is 0. The maximum Gasteiger partial charge on any atom is -0.0106 e. The third kappa shape index (κ3) is 5.97. The summed E-state index contributed by atoms with van der Waals surface area (Å²) < 4.78 is 0. The molecule has 0 aliphatic rings. The number of hydrogen-bond acceptors (Lipinski definition) is 0. The molecule has 2 aromatic carbocycles. The van der Waals surface area contributed by atoms with Crippen molar-refractivity contribution in [2.45, 2.75) is 87.5 Å². The highest BCUT2D eigenvalue weighted by molar-refractivity contribution is 5.96. The van der Waals surface area contributed by atoms with E-state index in [1.807, 2.05) is 0 Å². The number of hydrogen-bond donors (Lipinski definition) is 0. The molecule has 1 unspecified atom stereocenters. The second-order valence-electron chi connectivity index (χ2n) is 10.6. The van der Waals surface area contributed by atoms with Gasteiger partial charge in [-0.2, -0.15) is 0 Å². The zero-order valence-corrected chi connectivity index (χ0v) is 19.7. The minimum absolute atomic E-state index is 0.108. The highest BCUT2D eigenvalue weighted by Crippen LogP contribution is 2.42. The van der Waals surface area contributed by atoms with E-state index in [4.69, 9.17) is 0 Å². The van der Waals surface area contributed by atoms with Gasteiger partial charge in [0.1, 0.15) is 0 Å². The van der Waals surface area contributed by atoms with Gasteiger partial charge < -0.3 is 0 Å². The van der Waals surface area contributed by atoms with Crippen LogP contribution in [0.15, 0.2) is 42.5 Å². The maximum absolute atomic E-state index is 2.52. The highest BCUT2D eigenvalue weighted by atomic mass is 14.3. The lowest BCUT2D eigenvalue weighted by Gasteiger charge is -2.30. The average molecular weight is 379 g/mol. The first-order chi connectivity index (χ1) is 13.1. The predicted molar refractivity (Wildman–Crippen MR) is 128 cm³/mol. The molecule has 1 atom stereocenters. The van der Waals surface area contributed by atoms with Crippen molar-refractivity contribution in [2.24, 2.45) is 16.7 Å². The lowest BCUT2D eigenvalue weighted by Crippen LogP contribution is -2.15. The largest absolute Gasteiger partial charge is 0.0748 e. The van der Waals surface area contributed by atoms with Crippen molar-refractivity contribution >= 4 is 16.3 Å². The lowest BCUT2D eigenvalue weighted by atomic mass is 9.74. The number of rotatable bonds is 7. The summed E-state index contributed by atoms with van der Waals surface area (Å²) in [6.07, 6.45) is 8.94. The molecule has 0 nitrogen and oxygen atoms in total. The van der Waals surface area contributed by atoms with Gasteiger partial charge in [-0.05, 0) is 50.6 Å². The van der Waals surface area contributed by atoms with Gasteiger partial charge in [0.15, 0.2) is 0 Å². The zero-order chi connectivity index (χ0) is 20.9. The number of benzene rings is 2. The van der Waals surface area contributed by atoms with Crippen LogP contribution in [0.2, 0.25) is 0 Å². The van der Waals surface area contributed by atoms with Crippen molar-refractivity contribution in [1.29, 1.82) is 0 Å². The van der Waals surface area contributed by atoms with Crippen LogP contribution < -0.4 is 0 Å². The van der Waals surface area contributed by atoms with Gasteiger partial charge in [0.2, 0.25) is 0 Å². The van der Waals surface area contributed by atoms with Crippen LogP contribution in [0.4, 0.5) is 0 Å². The molecule has 0 saturated carbocycles. The smallest absolute Gasteiger partial charge is 0.0106 e. The monoisotopic (exact) mass is 378 g/mol. The van der Waals surface area contributed by atoms with Crippen LogP contribution in [-0.4, -0.2) is 0 Å². The maximum atomic E-state index is 2.52. The van der Waals surface area contributed by atoms with Crippen molar-refractivity contribution in [3.05, 3.63) is 53.6 Å². The minimum atomic E-state index is 0.108. The lowest BCUT2D eigenvalue weighted by molar-refractivity contribution is 0.448. The second kappa shape index (κ2) is 9.29. The Morgan fingerprint density at radius 2 is 1.61 bits per heavy atom. The molecular weight excluding hydrogens is 336 g/mol. The molecule has 0 heterocycles. The van der Waals surface area contributed by atoms with E-state index in [1.54, 1.807) is 0 Å². The molecule has 0 bridgehead atoms. The van der Waals surface area contributed by atoms with Gasteiger partial charge in [-0.1, -0.05) is 124 Å². The van der Waals surface area contributed by atoms with Crippen LogP contribution in [0, 0.1) is 16.7 Å². The van der Waals surface area contributed by atoms with Gasteiger partial charge in [-0.25, -0.2) is 0 Å². The first kappa shape index (κ1) is 22.7. The summed E-state index contributed by atoms with van der Waals surface area (Å²) in [4.78, 5) is 0. The van der Waals surface area contributed by atoms with E-state index in [2.05, 4.69) is 97.9 Å². The molecule has 0 amide bonds. The molecule has 0 aromatic heterocycles. The summed E-state index contributed by atoms with van der Waals surface area (Å²) >= 11 is 0. The zero-order valence-electron chi connectivity index (χ0n) is 19.7. The first-order valence-corrected chi connectivity index (χ1v) is 11.3. The van der Waals surface area contributed by atoms with E-state index in [0.29, 0.717) is 0 Å². The van der Waals surface area contributed by atoms with Crippen LogP contribution in [0.25, 0.3) is 16.3 Å². The SMILES string of the molecule is CCCCC(CC)Cc1ccc2ccccc2c1C(=CC(C)(C)C)C(C)(C)C. The van der Waals surface area contributed by atoms with Crippen LogP contribution in [0.3, 0.4) is 0 Å². The fraction of sp³-hybridized carbons (Fsp3) is 0.571. The van der Waals surface area contributed by atoms with Gasteiger partial charge in [0.25, 0.3) is 0 Å². The topological polar surface area (TPSA) is 0 Å². The Hall–Kier alpha value is -1.56. The molecule has 0 aliphatic carbocycles. The van der Waals surface area contributed by atoms with E-state index in [9.17, 15) is 0 Å². The Bertz CT molecular complexity index is 793. The van der Waals surface area contributed by atoms with Crippen molar-refractivity contribution in [3.8, 4) is 0 Å². The third-order valence-electron chi connectivity index (χ3n) is 5.72. The molecule has 0 saturated heterocycles. The second-order valence-corrected chi connectivity index (χ2v) is 10.6. The van der Waals surface area contributed by atoms with E-state index in [1.165, 1.54) is 59.6 Å². The minimum Gasteiger partial charge on any atom is -0.0748 e. The molecule has 0 aliphatic heterocycles. The Kier molecular flexibility index (Phi) is 7.54. The summed E-state index contributed by atoms with van der Waals surface area (Å²) in [5.41, 5.74) is 4.79. The van der Waals surface area contributed by atoms with Gasteiger partial charge in [0, 0.05) is 0 Å². The fourth-order valence-electron chi connectivity index (χ4n) is 4.16.